The van der Waals surface area contributed by atoms with Crippen molar-refractivity contribution in [2.75, 3.05) is 39.2 Å². The van der Waals surface area contributed by atoms with Gasteiger partial charge in [0.25, 0.3) is 5.89 Å². The smallest absolute Gasteiger partial charge is 0.266 e. The molecule has 1 aliphatic heterocycles. The minimum absolute atomic E-state index is 0.0704. The fraction of sp³-hybridized carbons (Fsp3) is 0.500. The second-order valence-corrected chi connectivity index (χ2v) is 12.4. The molecule has 11 heteroatoms. The molecule has 0 bridgehead atoms. The number of carbonyl (C=O) groups is 2. The number of amides is 1. The number of rotatable bonds is 15. The van der Waals surface area contributed by atoms with Gasteiger partial charge in [-0.25, -0.2) is 13.4 Å². The first-order chi connectivity index (χ1) is 19.8. The lowest BCUT2D eigenvalue weighted by Gasteiger charge is -2.39. The number of nitrogens with one attached hydrogen (secondary N) is 1. The van der Waals surface area contributed by atoms with E-state index >= 15 is 0 Å². The summed E-state index contributed by atoms with van der Waals surface area (Å²) in [5, 5.41) is 2.88. The number of Topliss-reactive ketones (excluding diaryl/α,β-unsaturated/α-hetero) is 1. The Hall–Kier alpha value is -3.12. The molecule has 2 heterocycles. The Morgan fingerprint density at radius 2 is 1.80 bits per heavy atom. The quantitative estimate of drug-likeness (QED) is 0.267. The van der Waals surface area contributed by atoms with Crippen molar-refractivity contribution in [3.8, 4) is 0 Å². The minimum atomic E-state index is -3.72. The summed E-state index contributed by atoms with van der Waals surface area (Å²) in [6.45, 7) is 3.63. The molecule has 1 saturated heterocycles. The number of benzene rings is 2. The first kappa shape index (κ1) is 30.8. The van der Waals surface area contributed by atoms with Crippen LogP contribution in [-0.4, -0.2) is 87.3 Å². The van der Waals surface area contributed by atoms with Gasteiger partial charge in [0.05, 0.1) is 24.2 Å². The van der Waals surface area contributed by atoms with Crippen LogP contribution in [0.15, 0.2) is 59.0 Å². The Morgan fingerprint density at radius 3 is 2.49 bits per heavy atom. The molecule has 1 N–H and O–H groups in total. The van der Waals surface area contributed by atoms with Crippen LogP contribution in [0.2, 0.25) is 0 Å². The number of ether oxygens (including phenoxy) is 2. The van der Waals surface area contributed by atoms with E-state index in [-0.39, 0.29) is 17.7 Å². The van der Waals surface area contributed by atoms with E-state index in [4.69, 9.17) is 13.9 Å². The molecule has 4 rings (SSSR count). The number of nitrogens with zero attached hydrogens (tertiary/aromatic N) is 2. The van der Waals surface area contributed by atoms with Gasteiger partial charge in [0, 0.05) is 32.9 Å². The van der Waals surface area contributed by atoms with Crippen molar-refractivity contribution in [3.63, 3.8) is 0 Å². The van der Waals surface area contributed by atoms with E-state index in [1.165, 1.54) is 0 Å². The molecular formula is C30H39N3O7S. The molecule has 1 aromatic heterocycles. The summed E-state index contributed by atoms with van der Waals surface area (Å²) in [5.41, 5.74) is 1.68. The second-order valence-electron chi connectivity index (χ2n) is 10.3. The number of aromatic nitrogens is 1. The van der Waals surface area contributed by atoms with E-state index < -0.39 is 39.4 Å². The molecule has 0 spiro atoms. The van der Waals surface area contributed by atoms with Crippen LogP contribution in [0.1, 0.15) is 48.9 Å². The van der Waals surface area contributed by atoms with Gasteiger partial charge in [0.2, 0.25) is 11.7 Å². The molecule has 2 atom stereocenters. The lowest BCUT2D eigenvalue weighted by molar-refractivity contribution is -0.128. The molecule has 1 amide bonds. The van der Waals surface area contributed by atoms with Crippen molar-refractivity contribution < 1.29 is 31.9 Å². The van der Waals surface area contributed by atoms with Crippen LogP contribution < -0.4 is 5.32 Å². The second kappa shape index (κ2) is 14.7. The van der Waals surface area contributed by atoms with Crippen LogP contribution in [0.3, 0.4) is 0 Å². The number of para-hydroxylation sites is 2. The number of fused-ring (bicyclic) bond motifs is 1. The van der Waals surface area contributed by atoms with E-state index in [1.807, 2.05) is 17.9 Å². The Balaban J connectivity index is 1.62. The van der Waals surface area contributed by atoms with E-state index in [1.54, 1.807) is 55.6 Å². The molecule has 3 aromatic rings. The molecule has 2 aromatic carbocycles. The van der Waals surface area contributed by atoms with Gasteiger partial charge in [-0.3, -0.25) is 14.5 Å². The summed E-state index contributed by atoms with van der Waals surface area (Å²) in [6.07, 6.45) is 2.28. The summed E-state index contributed by atoms with van der Waals surface area (Å²) in [5.74, 6) is -1.64. The summed E-state index contributed by atoms with van der Waals surface area (Å²) >= 11 is 0. The summed E-state index contributed by atoms with van der Waals surface area (Å²) in [7, 11) is -2.15. The Bertz CT molecular complexity index is 1350. The number of methoxy groups -OCH3 is 1. The number of oxazole rings is 1. The third kappa shape index (κ3) is 8.45. The SMILES string of the molecule is CCC[C@H](NC(=O)[C@H](CS(=O)(=O)Cc1ccccc1)N(CCOC)C1CCOCC1)C(=O)c1nc2ccccc2o1. The molecule has 10 nitrogen and oxygen atoms in total. The first-order valence-electron chi connectivity index (χ1n) is 14.1. The average Bonchev–Trinajstić information content (AvgIpc) is 3.41. The van der Waals surface area contributed by atoms with Gasteiger partial charge in [0.1, 0.15) is 11.6 Å². The Labute approximate surface area is 241 Å². The Kier molecular flexibility index (Phi) is 11.0. The van der Waals surface area contributed by atoms with Gasteiger partial charge in [-0.1, -0.05) is 55.8 Å². The lowest BCUT2D eigenvalue weighted by atomic mass is 10.0. The maximum atomic E-state index is 14.0. The number of carbonyl (C=O) groups excluding carboxylic acids is 2. The van der Waals surface area contributed by atoms with Crippen molar-refractivity contribution in [3.05, 3.63) is 66.1 Å². The van der Waals surface area contributed by atoms with E-state index in [0.717, 1.165) is 0 Å². The predicted molar refractivity (Wildman–Crippen MR) is 155 cm³/mol. The van der Waals surface area contributed by atoms with Crippen LogP contribution in [0.4, 0.5) is 0 Å². The fourth-order valence-electron chi connectivity index (χ4n) is 5.21. The zero-order valence-corrected chi connectivity index (χ0v) is 24.5. The van der Waals surface area contributed by atoms with Crippen molar-refractivity contribution in [1.29, 1.82) is 0 Å². The van der Waals surface area contributed by atoms with Crippen molar-refractivity contribution >= 4 is 32.6 Å². The highest BCUT2D eigenvalue weighted by atomic mass is 32.2. The molecule has 0 unspecified atom stereocenters. The summed E-state index contributed by atoms with van der Waals surface area (Å²) < 4.78 is 43.5. The highest BCUT2D eigenvalue weighted by Gasteiger charge is 2.38. The van der Waals surface area contributed by atoms with Crippen LogP contribution in [0, 0.1) is 0 Å². The molecule has 41 heavy (non-hydrogen) atoms. The van der Waals surface area contributed by atoms with Crippen molar-refractivity contribution in [2.45, 2.75) is 56.5 Å². The highest BCUT2D eigenvalue weighted by Crippen LogP contribution is 2.21. The van der Waals surface area contributed by atoms with E-state index in [2.05, 4.69) is 10.3 Å². The molecule has 0 radical (unpaired) electrons. The van der Waals surface area contributed by atoms with Crippen LogP contribution >= 0.6 is 0 Å². The number of hydrogen-bond donors (Lipinski definition) is 1. The molecule has 1 aliphatic rings. The summed E-state index contributed by atoms with van der Waals surface area (Å²) in [4.78, 5) is 33.7. The van der Waals surface area contributed by atoms with Crippen molar-refractivity contribution in [2.24, 2.45) is 0 Å². The predicted octanol–water partition coefficient (Wildman–Crippen LogP) is 3.41. The van der Waals surface area contributed by atoms with Gasteiger partial charge in [0.15, 0.2) is 15.4 Å². The standard InChI is InChI=1S/C30H39N3O7S/c1-3-9-25(28(34)30-32-24-12-7-8-13-27(24)40-30)31-29(35)26(21-41(36,37)20-22-10-5-4-6-11-22)33(16-19-38-2)23-14-17-39-18-15-23/h4-8,10-13,23,25-26H,3,9,14-21H2,1-2H3,(H,31,35)/t25-,26-/m0/s1. The third-order valence-electron chi connectivity index (χ3n) is 7.27. The van der Waals surface area contributed by atoms with Gasteiger partial charge < -0.3 is 19.2 Å². The van der Waals surface area contributed by atoms with Crippen LogP contribution in [0.25, 0.3) is 11.1 Å². The zero-order chi connectivity index (χ0) is 29.2. The van der Waals surface area contributed by atoms with Crippen molar-refractivity contribution in [1.82, 2.24) is 15.2 Å². The topological polar surface area (TPSA) is 128 Å². The molecule has 222 valence electrons. The molecule has 0 saturated carbocycles. The van der Waals surface area contributed by atoms with E-state index in [0.29, 0.717) is 68.7 Å². The molecule has 1 fully saturated rings. The minimum Gasteiger partial charge on any atom is -0.434 e. The van der Waals surface area contributed by atoms with Gasteiger partial charge in [-0.15, -0.1) is 0 Å². The number of ketones is 1. The number of hydrogen-bond acceptors (Lipinski definition) is 9. The Morgan fingerprint density at radius 1 is 1.10 bits per heavy atom. The van der Waals surface area contributed by atoms with Crippen LogP contribution in [0.5, 0.6) is 0 Å². The normalized spacial score (nSPS) is 16.1. The first-order valence-corrected chi connectivity index (χ1v) is 15.9. The largest absolute Gasteiger partial charge is 0.434 e. The average molecular weight is 586 g/mol. The van der Waals surface area contributed by atoms with Gasteiger partial charge in [-0.05, 0) is 37.0 Å². The maximum Gasteiger partial charge on any atom is 0.266 e. The number of sulfone groups is 1. The van der Waals surface area contributed by atoms with Gasteiger partial charge in [-0.2, -0.15) is 0 Å². The zero-order valence-electron chi connectivity index (χ0n) is 23.7. The monoisotopic (exact) mass is 585 g/mol. The third-order valence-corrected chi connectivity index (χ3v) is 8.87. The van der Waals surface area contributed by atoms with Crippen LogP contribution in [-0.2, 0) is 29.9 Å². The fourth-order valence-corrected chi connectivity index (χ4v) is 6.85. The molecule has 0 aliphatic carbocycles. The highest BCUT2D eigenvalue weighted by molar-refractivity contribution is 7.90. The molecular weight excluding hydrogens is 546 g/mol. The van der Waals surface area contributed by atoms with Gasteiger partial charge >= 0.3 is 0 Å². The summed E-state index contributed by atoms with van der Waals surface area (Å²) in [6, 6.07) is 14.0. The lowest BCUT2D eigenvalue weighted by Crippen LogP contribution is -2.58. The van der Waals surface area contributed by atoms with E-state index in [9.17, 15) is 18.0 Å². The maximum absolute atomic E-state index is 14.0.